The zero-order valence-corrected chi connectivity index (χ0v) is 27.7. The van der Waals surface area contributed by atoms with Crippen LogP contribution in [0.5, 0.6) is 5.75 Å². The van der Waals surface area contributed by atoms with Gasteiger partial charge >= 0.3 is 12.2 Å². The van der Waals surface area contributed by atoms with Gasteiger partial charge in [0.05, 0.1) is 18.7 Å². The second-order valence-electron chi connectivity index (χ2n) is 12.6. The summed E-state index contributed by atoms with van der Waals surface area (Å²) in [5, 5.41) is 15.7. The van der Waals surface area contributed by atoms with Crippen LogP contribution in [0.25, 0.3) is 0 Å². The highest BCUT2D eigenvalue weighted by atomic mass is 19.4. The van der Waals surface area contributed by atoms with E-state index in [0.717, 1.165) is 17.7 Å². The topological polar surface area (TPSA) is 99.7 Å². The summed E-state index contributed by atoms with van der Waals surface area (Å²) in [6.45, 7) is 7.35. The number of urea groups is 1. The van der Waals surface area contributed by atoms with Crippen LogP contribution in [0, 0.1) is 0 Å². The molecule has 2 atom stereocenters. The van der Waals surface area contributed by atoms with Crippen LogP contribution in [0.1, 0.15) is 43.5 Å². The Kier molecular flexibility index (Phi) is 11.8. The molecule has 3 aromatic carbocycles. The number of phenols is 1. The minimum Gasteiger partial charge on any atom is -0.508 e. The fourth-order valence-electron chi connectivity index (χ4n) is 6.20. The zero-order valence-electron chi connectivity index (χ0n) is 27.7. The first-order valence-electron chi connectivity index (χ1n) is 16.1. The van der Waals surface area contributed by atoms with E-state index in [4.69, 9.17) is 0 Å². The number of hydrogen-bond donors (Lipinski definition) is 2. The Balaban J connectivity index is 0.00000562. The number of fused-ring (bicyclic) bond motifs is 1. The van der Waals surface area contributed by atoms with Crippen molar-refractivity contribution in [3.63, 3.8) is 0 Å². The molecule has 0 aromatic heterocycles. The predicted octanol–water partition coefficient (Wildman–Crippen LogP) is 5.63. The van der Waals surface area contributed by atoms with Gasteiger partial charge in [-0.15, -0.1) is 6.58 Å². The number of benzene rings is 3. The van der Waals surface area contributed by atoms with E-state index in [1.54, 1.807) is 41.2 Å². The maximum Gasteiger partial charge on any atom is 0.416 e. The van der Waals surface area contributed by atoms with E-state index in [9.17, 15) is 32.7 Å². The van der Waals surface area contributed by atoms with Gasteiger partial charge in [0, 0.05) is 44.8 Å². The molecule has 2 aliphatic heterocycles. The Morgan fingerprint density at radius 3 is 2.34 bits per heavy atom. The number of piperazine rings is 1. The Labute approximate surface area is 291 Å². The van der Waals surface area contributed by atoms with Gasteiger partial charge in [-0.3, -0.25) is 9.59 Å². The first-order chi connectivity index (χ1) is 23.3. The number of carbonyl (C=O) groups excluding carboxylic acids is 3. The van der Waals surface area contributed by atoms with E-state index in [-0.39, 0.29) is 69.8 Å². The number of hydrogen-bond acceptors (Lipinski definition) is 6. The van der Waals surface area contributed by atoms with Gasteiger partial charge in [-0.2, -0.15) is 13.2 Å². The zero-order chi connectivity index (χ0) is 35.5. The van der Waals surface area contributed by atoms with Crippen LogP contribution in [0.4, 0.5) is 23.7 Å². The second-order valence-corrected chi connectivity index (χ2v) is 12.6. The molecule has 0 bridgehead atoms. The molecule has 2 saturated heterocycles. The lowest BCUT2D eigenvalue weighted by molar-refractivity contribution is -0.189. The minimum atomic E-state index is -4.62. The molecule has 0 radical (unpaired) electrons. The van der Waals surface area contributed by atoms with Crippen molar-refractivity contribution < 1.29 is 32.7 Å². The van der Waals surface area contributed by atoms with Crippen molar-refractivity contribution in [2.45, 2.75) is 65.2 Å². The first kappa shape index (κ1) is 37.8. The highest BCUT2D eigenvalue weighted by molar-refractivity contribution is 5.91. The number of phenolic OH excluding ortho intramolecular Hbond substituents is 1. The van der Waals surface area contributed by atoms with Crippen LogP contribution >= 0.6 is 0 Å². The molecule has 268 valence electrons. The largest absolute Gasteiger partial charge is 0.508 e. The fraction of sp³-hybridized carbons (Fsp3) is 0.378. The maximum absolute atomic E-state index is 14.3. The van der Waals surface area contributed by atoms with Gasteiger partial charge < -0.3 is 25.1 Å². The molecule has 13 heteroatoms. The van der Waals surface area contributed by atoms with Crippen molar-refractivity contribution >= 4 is 23.5 Å². The number of carbonyl (C=O) groups is 3. The van der Waals surface area contributed by atoms with E-state index < -0.39 is 35.9 Å². The molecule has 0 aliphatic carbocycles. The molecule has 2 N–H and O–H groups in total. The maximum atomic E-state index is 14.3. The lowest BCUT2D eigenvalue weighted by Crippen LogP contribution is -2.76. The monoisotopic (exact) mass is 694 g/mol. The van der Waals surface area contributed by atoms with Gasteiger partial charge in [0.1, 0.15) is 18.0 Å². The number of amides is 4. The number of hydrazine groups is 1. The molecule has 2 aliphatic rings. The first-order valence-corrected chi connectivity index (χ1v) is 16.1. The van der Waals surface area contributed by atoms with Crippen LogP contribution < -0.4 is 10.2 Å². The van der Waals surface area contributed by atoms with Gasteiger partial charge in [0.15, 0.2) is 0 Å². The molecule has 2 fully saturated rings. The average Bonchev–Trinajstić information content (AvgIpc) is 3.06. The van der Waals surface area contributed by atoms with Gasteiger partial charge in [-0.25, -0.2) is 14.8 Å². The van der Waals surface area contributed by atoms with Crippen molar-refractivity contribution in [1.82, 2.24) is 25.1 Å². The summed E-state index contributed by atoms with van der Waals surface area (Å²) in [6.07, 6.45) is -3.97. The molecule has 4 amide bonds. The normalized spacial score (nSPS) is 18.1. The molecule has 50 heavy (non-hydrogen) atoms. The van der Waals surface area contributed by atoms with Crippen molar-refractivity contribution in [1.29, 1.82) is 0 Å². The van der Waals surface area contributed by atoms with E-state index in [0.29, 0.717) is 11.3 Å². The quantitative estimate of drug-likeness (QED) is 0.267. The summed E-state index contributed by atoms with van der Waals surface area (Å²) in [5.41, 5.74) is 1.27. The van der Waals surface area contributed by atoms with Crippen LogP contribution in [0.15, 0.2) is 85.5 Å². The molecule has 0 unspecified atom stereocenters. The molecule has 3 aromatic rings. The summed E-state index contributed by atoms with van der Waals surface area (Å²) < 4.78 is 42.3. The number of nitrogens with one attached hydrogen (secondary N) is 1. The van der Waals surface area contributed by atoms with Crippen molar-refractivity contribution in [3.8, 4) is 5.75 Å². The highest BCUT2D eigenvalue weighted by Gasteiger charge is 2.51. The molecule has 10 nitrogen and oxygen atoms in total. The SMILES string of the molecule is C.C=CCN1CC(=O)N2[C@@H](Cc3ccc(O)cc3)C(=O)N(Cc3cc(N(C)C(C)C)cc(C(F)(F)F)c3)C[C@@H]2N1C(=O)NCc1ccccc1. The molecule has 5 rings (SSSR count). The summed E-state index contributed by atoms with van der Waals surface area (Å²) in [7, 11) is 1.70. The van der Waals surface area contributed by atoms with Gasteiger partial charge in [-0.05, 0) is 60.9 Å². The summed E-state index contributed by atoms with van der Waals surface area (Å²) in [6, 6.07) is 17.6. The molecule has 0 spiro atoms. The average molecular weight is 695 g/mol. The lowest BCUT2D eigenvalue weighted by Gasteiger charge is -2.55. The Bertz CT molecular complexity index is 1670. The summed E-state index contributed by atoms with van der Waals surface area (Å²) >= 11 is 0. The van der Waals surface area contributed by atoms with Crippen LogP contribution in [-0.2, 0) is 35.3 Å². The Morgan fingerprint density at radius 2 is 1.72 bits per heavy atom. The van der Waals surface area contributed by atoms with Crippen LogP contribution in [0.3, 0.4) is 0 Å². The third-order valence-corrected chi connectivity index (χ3v) is 8.89. The van der Waals surface area contributed by atoms with Gasteiger partial charge in [0.2, 0.25) is 11.8 Å². The van der Waals surface area contributed by atoms with Crippen molar-refractivity contribution in [3.05, 3.63) is 108 Å². The van der Waals surface area contributed by atoms with Gasteiger partial charge in [-0.1, -0.05) is 56.0 Å². The van der Waals surface area contributed by atoms with Crippen molar-refractivity contribution in [2.75, 3.05) is 31.6 Å². The van der Waals surface area contributed by atoms with Crippen LogP contribution in [-0.4, -0.2) is 87.7 Å². The number of alkyl halides is 3. The van der Waals surface area contributed by atoms with Crippen molar-refractivity contribution in [2.24, 2.45) is 0 Å². The standard InChI is InChI=1S/C36H41F3N6O4.CH4/c1-5-15-43-23-33(47)44-31(18-25-11-13-30(46)14-12-25)34(48)42(22-32(44)45(43)35(49)40-20-26-9-7-6-8-10-26)21-27-16-28(36(37,38)39)19-29(17-27)41(4)24(2)3;/h5-14,16-17,19,24,31-32,46H,1,15,18,20-23H2,2-4H3,(H,40,49);1H4/t31-,32-;/m0./s1. The van der Waals surface area contributed by atoms with Gasteiger partial charge in [0.25, 0.3) is 0 Å². The molecular formula is C37H45F3N6O4. The summed E-state index contributed by atoms with van der Waals surface area (Å²) in [5.74, 6) is -0.813. The van der Waals surface area contributed by atoms with Crippen LogP contribution in [0.2, 0.25) is 0 Å². The van der Waals surface area contributed by atoms with E-state index in [2.05, 4.69) is 11.9 Å². The summed E-state index contributed by atoms with van der Waals surface area (Å²) in [4.78, 5) is 46.6. The number of anilines is 1. The Morgan fingerprint density at radius 1 is 1.04 bits per heavy atom. The number of rotatable bonds is 10. The minimum absolute atomic E-state index is 0. The third-order valence-electron chi connectivity index (χ3n) is 8.89. The van der Waals surface area contributed by atoms with E-state index in [1.165, 1.54) is 26.9 Å². The van der Waals surface area contributed by atoms with E-state index in [1.807, 2.05) is 44.2 Å². The van der Waals surface area contributed by atoms with E-state index >= 15 is 0 Å². The number of nitrogens with zero attached hydrogens (tertiary/aromatic N) is 5. The predicted molar refractivity (Wildman–Crippen MR) is 186 cm³/mol. The lowest BCUT2D eigenvalue weighted by atomic mass is 9.98. The Hall–Kier alpha value is -5.04. The third kappa shape index (κ3) is 8.39. The number of aromatic hydroxyl groups is 1. The smallest absolute Gasteiger partial charge is 0.416 e. The molecule has 0 saturated carbocycles. The highest BCUT2D eigenvalue weighted by Crippen LogP contribution is 2.35. The second kappa shape index (κ2) is 15.7. The number of halogens is 3. The molecular weight excluding hydrogens is 649 g/mol. The fourth-order valence-corrected chi connectivity index (χ4v) is 6.20. The molecule has 2 heterocycles.